The Labute approximate surface area is 88.8 Å². The topological polar surface area (TPSA) is 21.6 Å². The van der Waals surface area contributed by atoms with Crippen molar-refractivity contribution < 1.29 is 9.13 Å². The van der Waals surface area contributed by atoms with Crippen LogP contribution in [0.5, 0.6) is 0 Å². The molecule has 1 unspecified atom stereocenters. The Balaban J connectivity index is 1.93. The van der Waals surface area contributed by atoms with E-state index in [1.54, 1.807) is 0 Å². The van der Waals surface area contributed by atoms with Crippen LogP contribution in [0.2, 0.25) is 0 Å². The first-order valence-electron chi connectivity index (χ1n) is 5.01. The zero-order chi connectivity index (χ0) is 10.7. The van der Waals surface area contributed by atoms with Crippen LogP contribution in [0.1, 0.15) is 18.9 Å². The number of aliphatic imine (C=N–C) groups is 1. The van der Waals surface area contributed by atoms with E-state index in [1.165, 1.54) is 12.1 Å². The summed E-state index contributed by atoms with van der Waals surface area (Å²) >= 11 is 0. The lowest BCUT2D eigenvalue weighted by Gasteiger charge is -2.17. The fourth-order valence-electron chi connectivity index (χ4n) is 1.56. The molecular weight excluding hydrogens is 193 g/mol. The molecule has 0 spiro atoms. The van der Waals surface area contributed by atoms with E-state index in [4.69, 9.17) is 4.74 Å². The van der Waals surface area contributed by atoms with Crippen LogP contribution in [-0.4, -0.2) is 18.5 Å². The highest BCUT2D eigenvalue weighted by Gasteiger charge is 2.27. The normalized spacial score (nSPS) is 24.1. The molecule has 2 rings (SSSR count). The van der Waals surface area contributed by atoms with Crippen LogP contribution < -0.4 is 0 Å². The first-order valence-corrected chi connectivity index (χ1v) is 5.01. The van der Waals surface area contributed by atoms with Crippen molar-refractivity contribution in [3.8, 4) is 0 Å². The lowest BCUT2D eigenvalue weighted by atomic mass is 9.95. The SMILES string of the molecule is CC1(CCc2ccc(F)cc2)CO[C]=N1. The lowest BCUT2D eigenvalue weighted by molar-refractivity contribution is 0.264. The maximum atomic E-state index is 12.7. The number of hydrogen-bond donors (Lipinski definition) is 0. The molecule has 1 aromatic rings. The van der Waals surface area contributed by atoms with Crippen LogP contribution in [0.3, 0.4) is 0 Å². The van der Waals surface area contributed by atoms with Crippen molar-refractivity contribution >= 4 is 6.40 Å². The van der Waals surface area contributed by atoms with E-state index in [9.17, 15) is 4.39 Å². The Kier molecular flexibility index (Phi) is 2.71. The smallest absolute Gasteiger partial charge is 0.273 e. The number of rotatable bonds is 3. The third-order valence-electron chi connectivity index (χ3n) is 2.63. The molecular formula is C12H13FNO. The third-order valence-corrected chi connectivity index (χ3v) is 2.63. The fourth-order valence-corrected chi connectivity index (χ4v) is 1.56. The minimum Gasteiger partial charge on any atom is -0.472 e. The van der Waals surface area contributed by atoms with Gasteiger partial charge in [-0.25, -0.2) is 9.38 Å². The number of aryl methyl sites for hydroxylation is 1. The van der Waals surface area contributed by atoms with Gasteiger partial charge in [-0.15, -0.1) is 0 Å². The van der Waals surface area contributed by atoms with Crippen molar-refractivity contribution in [1.29, 1.82) is 0 Å². The second-order valence-electron chi connectivity index (χ2n) is 4.12. The van der Waals surface area contributed by atoms with Gasteiger partial charge in [0.1, 0.15) is 12.4 Å². The van der Waals surface area contributed by atoms with Crippen molar-refractivity contribution in [1.82, 2.24) is 0 Å². The van der Waals surface area contributed by atoms with Gasteiger partial charge in [-0.2, -0.15) is 0 Å². The van der Waals surface area contributed by atoms with Crippen molar-refractivity contribution in [3.05, 3.63) is 35.6 Å². The Morgan fingerprint density at radius 2 is 2.20 bits per heavy atom. The predicted octanol–water partition coefficient (Wildman–Crippen LogP) is 2.45. The molecule has 79 valence electrons. The quantitative estimate of drug-likeness (QED) is 0.744. The minimum absolute atomic E-state index is 0.158. The molecule has 1 heterocycles. The molecule has 0 N–H and O–H groups in total. The van der Waals surface area contributed by atoms with Gasteiger partial charge in [-0.3, -0.25) is 0 Å². The van der Waals surface area contributed by atoms with Crippen LogP contribution in [0.4, 0.5) is 4.39 Å². The van der Waals surface area contributed by atoms with Crippen molar-refractivity contribution in [2.24, 2.45) is 4.99 Å². The maximum absolute atomic E-state index is 12.7. The van der Waals surface area contributed by atoms with Crippen molar-refractivity contribution in [2.45, 2.75) is 25.3 Å². The summed E-state index contributed by atoms with van der Waals surface area (Å²) in [4.78, 5) is 4.15. The van der Waals surface area contributed by atoms with Gasteiger partial charge in [0.25, 0.3) is 6.40 Å². The second-order valence-corrected chi connectivity index (χ2v) is 4.12. The molecule has 3 heteroatoms. The number of halogens is 1. The zero-order valence-electron chi connectivity index (χ0n) is 8.66. The van der Waals surface area contributed by atoms with Crippen LogP contribution in [0, 0.1) is 5.82 Å². The Morgan fingerprint density at radius 3 is 2.80 bits per heavy atom. The third kappa shape index (κ3) is 2.55. The number of ether oxygens (including phenoxy) is 1. The van der Waals surface area contributed by atoms with Gasteiger partial charge in [0, 0.05) is 0 Å². The molecule has 0 fully saturated rings. The van der Waals surface area contributed by atoms with E-state index < -0.39 is 0 Å². The first kappa shape index (κ1) is 10.1. The summed E-state index contributed by atoms with van der Waals surface area (Å²) < 4.78 is 17.6. The van der Waals surface area contributed by atoms with Gasteiger partial charge in [-0.05, 0) is 37.5 Å². The molecule has 0 amide bonds. The van der Waals surface area contributed by atoms with E-state index in [0.29, 0.717) is 6.61 Å². The molecule has 2 nitrogen and oxygen atoms in total. The van der Waals surface area contributed by atoms with Crippen LogP contribution in [-0.2, 0) is 11.2 Å². The van der Waals surface area contributed by atoms with Gasteiger partial charge in [-0.1, -0.05) is 12.1 Å². The Hall–Kier alpha value is -1.38. The molecule has 0 aromatic heterocycles. The summed E-state index contributed by atoms with van der Waals surface area (Å²) in [7, 11) is 0. The first-order chi connectivity index (χ1) is 7.18. The van der Waals surface area contributed by atoms with Crippen molar-refractivity contribution in [3.63, 3.8) is 0 Å². The van der Waals surface area contributed by atoms with Crippen LogP contribution in [0.25, 0.3) is 0 Å². The number of nitrogens with zero attached hydrogens (tertiary/aromatic N) is 1. The Morgan fingerprint density at radius 1 is 1.47 bits per heavy atom. The number of benzene rings is 1. The van der Waals surface area contributed by atoms with E-state index in [2.05, 4.69) is 11.4 Å². The molecule has 0 saturated heterocycles. The Bertz CT molecular complexity index is 360. The fraction of sp³-hybridized carbons (Fsp3) is 0.417. The van der Waals surface area contributed by atoms with Gasteiger partial charge >= 0.3 is 0 Å². The monoisotopic (exact) mass is 206 g/mol. The molecule has 1 aliphatic rings. The van der Waals surface area contributed by atoms with E-state index in [-0.39, 0.29) is 11.4 Å². The van der Waals surface area contributed by atoms with Crippen LogP contribution >= 0.6 is 0 Å². The van der Waals surface area contributed by atoms with E-state index >= 15 is 0 Å². The highest BCUT2D eigenvalue weighted by Crippen LogP contribution is 2.22. The second kappa shape index (κ2) is 4.01. The minimum atomic E-state index is -0.194. The summed E-state index contributed by atoms with van der Waals surface area (Å²) in [5, 5.41) is 0. The van der Waals surface area contributed by atoms with Gasteiger partial charge in [0.2, 0.25) is 0 Å². The lowest BCUT2D eigenvalue weighted by Crippen LogP contribution is -2.24. The number of hydrogen-bond acceptors (Lipinski definition) is 2. The van der Waals surface area contributed by atoms with E-state index in [0.717, 1.165) is 18.4 Å². The molecule has 0 saturated carbocycles. The zero-order valence-corrected chi connectivity index (χ0v) is 8.66. The summed E-state index contributed by atoms with van der Waals surface area (Å²) in [5.41, 5.74) is 0.966. The standard InChI is InChI=1S/C12H13FNO/c1-12(8-15-9-14-12)7-6-10-2-4-11(13)5-3-10/h2-5H,6-8H2,1H3. The van der Waals surface area contributed by atoms with E-state index in [1.807, 2.05) is 19.1 Å². The average Bonchev–Trinajstić information content (AvgIpc) is 2.65. The average molecular weight is 206 g/mol. The molecule has 1 aliphatic heterocycles. The predicted molar refractivity (Wildman–Crippen MR) is 56.5 cm³/mol. The molecule has 1 aromatic carbocycles. The summed E-state index contributed by atoms with van der Waals surface area (Å²) in [5.74, 6) is -0.194. The van der Waals surface area contributed by atoms with Gasteiger partial charge in [0.05, 0.1) is 5.54 Å². The van der Waals surface area contributed by atoms with Gasteiger partial charge in [0.15, 0.2) is 0 Å². The maximum Gasteiger partial charge on any atom is 0.273 e. The summed E-state index contributed by atoms with van der Waals surface area (Å²) in [6, 6.07) is 6.58. The highest BCUT2D eigenvalue weighted by molar-refractivity contribution is 5.50. The van der Waals surface area contributed by atoms with Crippen molar-refractivity contribution in [2.75, 3.05) is 6.61 Å². The molecule has 1 atom stereocenters. The molecule has 1 radical (unpaired) electrons. The van der Waals surface area contributed by atoms with Crippen LogP contribution in [0.15, 0.2) is 29.3 Å². The molecule has 0 aliphatic carbocycles. The largest absolute Gasteiger partial charge is 0.472 e. The molecule has 0 bridgehead atoms. The molecule has 15 heavy (non-hydrogen) atoms. The van der Waals surface area contributed by atoms with Gasteiger partial charge < -0.3 is 4.74 Å². The highest BCUT2D eigenvalue weighted by atomic mass is 19.1. The summed E-state index contributed by atoms with van der Waals surface area (Å²) in [6.07, 6.45) is 4.30. The summed E-state index contributed by atoms with van der Waals surface area (Å²) in [6.45, 7) is 2.63.